The highest BCUT2D eigenvalue weighted by Gasteiger charge is 2.50. The third-order valence-corrected chi connectivity index (χ3v) is 7.92. The molecule has 0 aromatic rings. The quantitative estimate of drug-likeness (QED) is 0.0922. The van der Waals surface area contributed by atoms with Crippen molar-refractivity contribution in [3.05, 3.63) is 12.7 Å². The zero-order valence-corrected chi connectivity index (χ0v) is 23.2. The second kappa shape index (κ2) is 20.2. The Bertz CT molecular complexity index is 585. The van der Waals surface area contributed by atoms with Crippen molar-refractivity contribution in [3.63, 3.8) is 0 Å². The first-order chi connectivity index (χ1) is 17.1. The smallest absolute Gasteiger partial charge is 0.362 e. The van der Waals surface area contributed by atoms with Gasteiger partial charge in [0.05, 0.1) is 12.5 Å². The average Bonchev–Trinajstić information content (AvgIpc) is 2.84. The number of rotatable bonds is 25. The molecule has 3 atom stereocenters. The number of carboxylic acid groups (broad SMARTS) is 3. The fourth-order valence-electron chi connectivity index (χ4n) is 5.34. The number of quaternary nitrogens is 1. The maximum atomic E-state index is 11.8. The second-order valence-electron chi connectivity index (χ2n) is 10.5. The van der Waals surface area contributed by atoms with Gasteiger partial charge in [-0.1, -0.05) is 89.5 Å². The van der Waals surface area contributed by atoms with E-state index < -0.39 is 40.5 Å². The minimum atomic E-state index is -1.42. The second-order valence-corrected chi connectivity index (χ2v) is 10.5. The van der Waals surface area contributed by atoms with Crippen LogP contribution in [0.4, 0.5) is 0 Å². The standard InChI is InChI=1S/C29H53NO6/c1-5-6-7-8-9-10-11-12-13-14-15-16-17-18-19-20-21-22-23-30(24(2)27(31)32,25(3)28(33)34)26(4)29(35)36/h5,24-26H,1,6-23H2,2-4H3,(H2-,31,32,33,34,35,36). The highest BCUT2D eigenvalue weighted by Crippen LogP contribution is 2.27. The van der Waals surface area contributed by atoms with E-state index in [-0.39, 0.29) is 6.54 Å². The molecule has 7 nitrogen and oxygen atoms in total. The molecule has 0 aromatic heterocycles. The Morgan fingerprint density at radius 2 is 0.944 bits per heavy atom. The lowest BCUT2D eigenvalue weighted by Crippen LogP contribution is -2.72. The Balaban J connectivity index is 4.15. The first kappa shape index (κ1) is 34.1. The molecule has 0 radical (unpaired) electrons. The van der Waals surface area contributed by atoms with Gasteiger partial charge in [0.1, 0.15) is 6.04 Å². The largest absolute Gasteiger partial charge is 0.544 e. The topological polar surface area (TPSA) is 115 Å². The molecule has 0 aliphatic heterocycles. The van der Waals surface area contributed by atoms with Crippen LogP contribution < -0.4 is 5.11 Å². The van der Waals surface area contributed by atoms with Gasteiger partial charge in [0, 0.05) is 0 Å². The van der Waals surface area contributed by atoms with E-state index >= 15 is 0 Å². The molecule has 3 unspecified atom stereocenters. The number of hydrogen-bond donors (Lipinski definition) is 2. The van der Waals surface area contributed by atoms with E-state index in [2.05, 4.69) is 6.58 Å². The summed E-state index contributed by atoms with van der Waals surface area (Å²) in [5.74, 6) is -3.82. The van der Waals surface area contributed by atoms with Crippen LogP contribution in [0.5, 0.6) is 0 Å². The van der Waals surface area contributed by atoms with E-state index in [1.807, 2.05) is 6.08 Å². The summed E-state index contributed by atoms with van der Waals surface area (Å²) in [5.41, 5.74) is 0. The molecule has 0 saturated carbocycles. The van der Waals surface area contributed by atoms with Gasteiger partial charge in [-0.25, -0.2) is 9.59 Å². The van der Waals surface area contributed by atoms with Gasteiger partial charge < -0.3 is 20.1 Å². The average molecular weight is 512 g/mol. The lowest BCUT2D eigenvalue weighted by Gasteiger charge is -2.49. The van der Waals surface area contributed by atoms with Crippen molar-refractivity contribution in [3.8, 4) is 0 Å². The molecule has 0 aliphatic rings. The van der Waals surface area contributed by atoms with Crippen LogP contribution in [-0.4, -0.2) is 57.3 Å². The van der Waals surface area contributed by atoms with Crippen LogP contribution in [0.2, 0.25) is 0 Å². The van der Waals surface area contributed by atoms with E-state index in [0.717, 1.165) is 32.1 Å². The maximum absolute atomic E-state index is 11.8. The van der Waals surface area contributed by atoms with Gasteiger partial charge in [0.2, 0.25) is 0 Å². The number of nitrogens with zero attached hydrogens (tertiary/aromatic N) is 1. The molecule has 7 heteroatoms. The molecule has 0 aromatic carbocycles. The summed E-state index contributed by atoms with van der Waals surface area (Å²) in [6.07, 6.45) is 22.2. The van der Waals surface area contributed by atoms with Crippen molar-refractivity contribution < 1.29 is 34.2 Å². The summed E-state index contributed by atoms with van der Waals surface area (Å²) in [5, 5.41) is 30.9. The first-order valence-electron chi connectivity index (χ1n) is 14.3. The normalized spacial score (nSPS) is 15.5. The van der Waals surface area contributed by atoms with Crippen LogP contribution in [-0.2, 0) is 14.4 Å². The van der Waals surface area contributed by atoms with Crippen LogP contribution in [0.3, 0.4) is 0 Å². The molecular formula is C29H53NO6. The molecule has 0 aliphatic carbocycles. The van der Waals surface area contributed by atoms with Crippen LogP contribution >= 0.6 is 0 Å². The van der Waals surface area contributed by atoms with Crippen molar-refractivity contribution in [1.82, 2.24) is 0 Å². The lowest BCUT2D eigenvalue weighted by atomic mass is 9.99. The summed E-state index contributed by atoms with van der Waals surface area (Å²) < 4.78 is -0.539. The number of carbonyl (C=O) groups is 3. The fraction of sp³-hybridized carbons (Fsp3) is 0.828. The predicted octanol–water partition coefficient (Wildman–Crippen LogP) is 5.71. The van der Waals surface area contributed by atoms with Crippen molar-refractivity contribution in [2.75, 3.05) is 6.54 Å². The van der Waals surface area contributed by atoms with Gasteiger partial charge in [-0.05, 0) is 46.5 Å². The van der Waals surface area contributed by atoms with Gasteiger partial charge in [-0.15, -0.1) is 6.58 Å². The number of carbonyl (C=O) groups excluding carboxylic acids is 1. The van der Waals surface area contributed by atoms with Gasteiger partial charge in [0.15, 0.2) is 12.1 Å². The van der Waals surface area contributed by atoms with Gasteiger partial charge in [-0.3, -0.25) is 4.48 Å². The molecule has 0 spiro atoms. The van der Waals surface area contributed by atoms with E-state index in [0.29, 0.717) is 6.42 Å². The molecule has 0 bridgehead atoms. The third kappa shape index (κ3) is 12.9. The molecule has 0 saturated heterocycles. The summed E-state index contributed by atoms with van der Waals surface area (Å²) >= 11 is 0. The van der Waals surface area contributed by atoms with Gasteiger partial charge in [0.25, 0.3) is 0 Å². The molecule has 0 rings (SSSR count). The van der Waals surface area contributed by atoms with Gasteiger partial charge >= 0.3 is 11.9 Å². The number of unbranched alkanes of at least 4 members (excludes halogenated alkanes) is 16. The molecule has 36 heavy (non-hydrogen) atoms. The molecule has 0 heterocycles. The Morgan fingerprint density at radius 3 is 1.22 bits per heavy atom. The first-order valence-corrected chi connectivity index (χ1v) is 14.3. The summed E-state index contributed by atoms with van der Waals surface area (Å²) in [6.45, 7) is 8.10. The Morgan fingerprint density at radius 1 is 0.639 bits per heavy atom. The van der Waals surface area contributed by atoms with E-state index in [9.17, 15) is 29.7 Å². The molecular weight excluding hydrogens is 458 g/mol. The van der Waals surface area contributed by atoms with Crippen LogP contribution in [0.15, 0.2) is 12.7 Å². The highest BCUT2D eigenvalue weighted by molar-refractivity contribution is 5.76. The Labute approximate surface area is 219 Å². The van der Waals surface area contributed by atoms with Gasteiger partial charge in [-0.2, -0.15) is 0 Å². The minimum Gasteiger partial charge on any atom is -0.544 e. The van der Waals surface area contributed by atoms with Crippen molar-refractivity contribution in [2.45, 2.75) is 148 Å². The highest BCUT2D eigenvalue weighted by atomic mass is 16.4. The van der Waals surface area contributed by atoms with E-state index in [1.165, 1.54) is 91.4 Å². The Kier molecular flexibility index (Phi) is 19.1. The van der Waals surface area contributed by atoms with Crippen molar-refractivity contribution in [2.24, 2.45) is 0 Å². The molecule has 210 valence electrons. The zero-order valence-electron chi connectivity index (χ0n) is 23.2. The number of carboxylic acids is 3. The predicted molar refractivity (Wildman–Crippen MR) is 142 cm³/mol. The van der Waals surface area contributed by atoms with E-state index in [1.54, 1.807) is 0 Å². The lowest BCUT2D eigenvalue weighted by molar-refractivity contribution is -0.969. The number of aliphatic carboxylic acids is 3. The minimum absolute atomic E-state index is 0.185. The monoisotopic (exact) mass is 511 g/mol. The SMILES string of the molecule is C=CCCCCCCCCCCCCCCCCCC[N+](C(C)C(=O)[O-])(C(C)C(=O)O)C(C)C(=O)O. The molecule has 2 N–H and O–H groups in total. The fourth-order valence-corrected chi connectivity index (χ4v) is 5.34. The summed E-state index contributed by atoms with van der Waals surface area (Å²) in [4.78, 5) is 35.2. The summed E-state index contributed by atoms with van der Waals surface area (Å²) in [6, 6.07) is -3.55. The van der Waals surface area contributed by atoms with Crippen molar-refractivity contribution in [1.29, 1.82) is 0 Å². The number of allylic oxidation sites excluding steroid dienone is 1. The van der Waals surface area contributed by atoms with Crippen LogP contribution in [0.25, 0.3) is 0 Å². The Hall–Kier alpha value is -1.89. The van der Waals surface area contributed by atoms with Crippen LogP contribution in [0, 0.1) is 0 Å². The maximum Gasteiger partial charge on any atom is 0.362 e. The molecule has 0 amide bonds. The van der Waals surface area contributed by atoms with Crippen molar-refractivity contribution >= 4 is 17.9 Å². The summed E-state index contributed by atoms with van der Waals surface area (Å²) in [7, 11) is 0. The van der Waals surface area contributed by atoms with Crippen LogP contribution in [0.1, 0.15) is 130 Å². The van der Waals surface area contributed by atoms with E-state index in [4.69, 9.17) is 0 Å². The number of hydrogen-bond acceptors (Lipinski definition) is 4. The third-order valence-electron chi connectivity index (χ3n) is 7.92. The zero-order chi connectivity index (χ0) is 27.4. The molecule has 0 fully saturated rings.